The molecule has 0 aliphatic rings. The van der Waals surface area contributed by atoms with E-state index < -0.39 is 0 Å². The van der Waals surface area contributed by atoms with Gasteiger partial charge in [0.1, 0.15) is 12.0 Å². The molecule has 39 heavy (non-hydrogen) atoms. The topological polar surface area (TPSA) is 121 Å². The predicted octanol–water partition coefficient (Wildman–Crippen LogP) is 4.63. The minimum atomic E-state index is -0.389. The van der Waals surface area contributed by atoms with Crippen LogP contribution < -0.4 is 21.1 Å². The van der Waals surface area contributed by atoms with Crippen molar-refractivity contribution in [3.63, 3.8) is 0 Å². The van der Waals surface area contributed by atoms with Crippen molar-refractivity contribution < 1.29 is 14.3 Å². The number of rotatable bonds is 19. The van der Waals surface area contributed by atoms with Crippen molar-refractivity contribution >= 4 is 35.9 Å². The van der Waals surface area contributed by atoms with E-state index in [0.29, 0.717) is 37.2 Å². The van der Waals surface area contributed by atoms with Crippen LogP contribution in [0.5, 0.6) is 5.75 Å². The molecule has 2 aromatic rings. The molecule has 5 N–H and O–H groups in total. The van der Waals surface area contributed by atoms with Crippen LogP contribution in [-0.2, 0) is 16.1 Å². The van der Waals surface area contributed by atoms with Gasteiger partial charge in [-0.2, -0.15) is 0 Å². The van der Waals surface area contributed by atoms with Gasteiger partial charge in [0.25, 0.3) is 0 Å². The van der Waals surface area contributed by atoms with Gasteiger partial charge in [-0.3, -0.25) is 9.69 Å². The first-order chi connectivity index (χ1) is 18.8. The second-order valence-corrected chi connectivity index (χ2v) is 9.51. The van der Waals surface area contributed by atoms with Crippen LogP contribution in [0, 0.1) is 5.41 Å². The Bertz CT molecular complexity index is 1130. The maximum atomic E-state index is 12.3. The second-order valence-electron chi connectivity index (χ2n) is 9.51. The number of aldehydes is 1. The highest BCUT2D eigenvalue weighted by Crippen LogP contribution is 2.22. The number of unbranched alkanes of at least 4 members (excludes halogenated alkanes) is 3. The fraction of sp³-hybridized carbons (Fsp3) is 0.387. The molecule has 0 bridgehead atoms. The molecule has 1 unspecified atom stereocenters. The van der Waals surface area contributed by atoms with E-state index in [9.17, 15) is 9.59 Å². The Morgan fingerprint density at radius 2 is 1.90 bits per heavy atom. The van der Waals surface area contributed by atoms with Crippen molar-refractivity contribution in [1.29, 1.82) is 5.41 Å². The first-order valence-electron chi connectivity index (χ1n) is 13.4. The van der Waals surface area contributed by atoms with Gasteiger partial charge in [0.05, 0.1) is 12.6 Å². The van der Waals surface area contributed by atoms with Crippen LogP contribution in [0.1, 0.15) is 60.8 Å². The molecule has 1 amide bonds. The summed E-state index contributed by atoms with van der Waals surface area (Å²) in [6, 6.07) is 11.1. The van der Waals surface area contributed by atoms with Crippen LogP contribution in [0.3, 0.4) is 0 Å². The molecule has 2 aromatic carbocycles. The van der Waals surface area contributed by atoms with Crippen molar-refractivity contribution in [2.24, 2.45) is 0 Å². The Kier molecular flexibility index (Phi) is 13.5. The smallest absolute Gasteiger partial charge is 0.237 e. The van der Waals surface area contributed by atoms with Crippen molar-refractivity contribution in [2.75, 3.05) is 33.0 Å². The molecule has 0 radical (unpaired) electrons. The van der Waals surface area contributed by atoms with Gasteiger partial charge in [0.15, 0.2) is 0 Å². The Balaban J connectivity index is 1.76. The lowest BCUT2D eigenvalue weighted by atomic mass is 10.0. The van der Waals surface area contributed by atoms with Gasteiger partial charge in [-0.15, -0.1) is 0 Å². The molecule has 8 nitrogen and oxygen atoms in total. The first-order valence-corrected chi connectivity index (χ1v) is 13.4. The standard InChI is InChI=1S/C31H43N5O3/c1-5-24-14-15-28(19-27(24)22-36(4)30(11-10-17-37)31(38)34-3)39-18-9-7-6-8-16-35-23(2)25-12-13-26(21-32)29(33)20-25/h5,12-15,17,19-21,30,32,35H,1-2,6-11,16,18,22,33H2,3-4H3,(H,34,38). The minimum Gasteiger partial charge on any atom is -0.494 e. The second kappa shape index (κ2) is 16.8. The van der Waals surface area contributed by atoms with Gasteiger partial charge in [-0.05, 0) is 61.2 Å². The lowest BCUT2D eigenvalue weighted by Gasteiger charge is -2.27. The number of carbonyl (C=O) groups excluding carboxylic acids is 2. The number of hydrogen-bond donors (Lipinski definition) is 4. The Hall–Kier alpha value is -3.91. The van der Waals surface area contributed by atoms with Crippen LogP contribution in [0.25, 0.3) is 11.8 Å². The highest BCUT2D eigenvalue weighted by molar-refractivity contribution is 5.86. The zero-order valence-electron chi connectivity index (χ0n) is 23.3. The van der Waals surface area contributed by atoms with Crippen molar-refractivity contribution in [2.45, 2.75) is 51.1 Å². The fourth-order valence-corrected chi connectivity index (χ4v) is 4.34. The number of nitrogens with one attached hydrogen (secondary N) is 3. The number of nitrogens with zero attached hydrogens (tertiary/aromatic N) is 1. The number of hydrogen-bond acceptors (Lipinski definition) is 7. The third-order valence-corrected chi connectivity index (χ3v) is 6.66. The molecule has 0 saturated heterocycles. The quantitative estimate of drug-likeness (QED) is 0.0904. The zero-order chi connectivity index (χ0) is 28.6. The summed E-state index contributed by atoms with van der Waals surface area (Å²) in [7, 11) is 3.50. The lowest BCUT2D eigenvalue weighted by Crippen LogP contribution is -2.43. The number of anilines is 1. The van der Waals surface area contributed by atoms with E-state index in [1.807, 2.05) is 48.3 Å². The van der Waals surface area contributed by atoms with E-state index in [-0.39, 0.29) is 11.9 Å². The molecule has 0 spiro atoms. The summed E-state index contributed by atoms with van der Waals surface area (Å²) in [5.74, 6) is 0.688. The number of ether oxygens (including phenoxy) is 1. The van der Waals surface area contributed by atoms with Gasteiger partial charge >= 0.3 is 0 Å². The molecule has 0 fully saturated rings. The number of nitrogens with two attached hydrogens (primary N) is 1. The van der Waals surface area contributed by atoms with Crippen LogP contribution >= 0.6 is 0 Å². The summed E-state index contributed by atoms with van der Waals surface area (Å²) in [5.41, 5.74) is 11.0. The third kappa shape index (κ3) is 10.1. The Morgan fingerprint density at radius 1 is 1.15 bits per heavy atom. The molecule has 2 rings (SSSR count). The molecule has 0 aliphatic carbocycles. The number of benzene rings is 2. The van der Waals surface area contributed by atoms with E-state index in [2.05, 4.69) is 23.8 Å². The molecule has 1 atom stereocenters. The van der Waals surface area contributed by atoms with E-state index in [0.717, 1.165) is 66.7 Å². The molecule has 8 heteroatoms. The first kappa shape index (κ1) is 31.3. The number of likely N-dealkylation sites (N-methyl/N-ethyl adjacent to an activating group) is 2. The maximum absolute atomic E-state index is 12.3. The summed E-state index contributed by atoms with van der Waals surface area (Å²) in [6.45, 7) is 9.99. The molecule has 0 aliphatic heterocycles. The van der Waals surface area contributed by atoms with Crippen LogP contribution in [0.4, 0.5) is 5.69 Å². The van der Waals surface area contributed by atoms with E-state index in [1.54, 1.807) is 13.1 Å². The predicted molar refractivity (Wildman–Crippen MR) is 161 cm³/mol. The van der Waals surface area contributed by atoms with Gasteiger partial charge in [0, 0.05) is 49.7 Å². The molecule has 0 saturated carbocycles. The molecule has 210 valence electrons. The summed E-state index contributed by atoms with van der Waals surface area (Å²) in [5, 5.41) is 13.4. The fourth-order valence-electron chi connectivity index (χ4n) is 4.34. The van der Waals surface area contributed by atoms with Gasteiger partial charge < -0.3 is 31.3 Å². The van der Waals surface area contributed by atoms with Crippen LogP contribution in [-0.4, -0.2) is 56.6 Å². The van der Waals surface area contributed by atoms with Crippen molar-refractivity contribution in [3.05, 3.63) is 71.8 Å². The van der Waals surface area contributed by atoms with E-state index in [1.165, 1.54) is 6.21 Å². The van der Waals surface area contributed by atoms with Crippen LogP contribution in [0.15, 0.2) is 49.6 Å². The maximum Gasteiger partial charge on any atom is 0.237 e. The molecule has 0 aromatic heterocycles. The number of nitrogen functional groups attached to an aromatic ring is 1. The third-order valence-electron chi connectivity index (χ3n) is 6.66. The molecular weight excluding hydrogens is 490 g/mol. The van der Waals surface area contributed by atoms with Gasteiger partial charge in [0.2, 0.25) is 5.91 Å². The number of amides is 1. The minimum absolute atomic E-state index is 0.103. The summed E-state index contributed by atoms with van der Waals surface area (Å²) in [6.07, 6.45) is 8.80. The highest BCUT2D eigenvalue weighted by Gasteiger charge is 2.22. The monoisotopic (exact) mass is 533 g/mol. The SMILES string of the molecule is C=Cc1ccc(OCCCCCCNC(=C)c2ccc(C=N)c(N)c2)cc1CN(C)C(CCC=O)C(=O)NC. The average molecular weight is 534 g/mol. The normalized spacial score (nSPS) is 11.5. The Labute approximate surface area is 232 Å². The highest BCUT2D eigenvalue weighted by atomic mass is 16.5. The largest absolute Gasteiger partial charge is 0.494 e. The van der Waals surface area contributed by atoms with E-state index in [4.69, 9.17) is 15.9 Å². The lowest BCUT2D eigenvalue weighted by molar-refractivity contribution is -0.126. The summed E-state index contributed by atoms with van der Waals surface area (Å²) in [4.78, 5) is 25.2. The summed E-state index contributed by atoms with van der Waals surface area (Å²) >= 11 is 0. The van der Waals surface area contributed by atoms with Gasteiger partial charge in [-0.25, -0.2) is 0 Å². The van der Waals surface area contributed by atoms with Crippen LogP contribution in [0.2, 0.25) is 0 Å². The Morgan fingerprint density at radius 3 is 2.56 bits per heavy atom. The average Bonchev–Trinajstić information content (AvgIpc) is 2.94. The van der Waals surface area contributed by atoms with Crippen molar-refractivity contribution in [3.8, 4) is 5.75 Å². The molecule has 0 heterocycles. The van der Waals surface area contributed by atoms with Gasteiger partial charge in [-0.1, -0.05) is 50.3 Å². The summed E-state index contributed by atoms with van der Waals surface area (Å²) < 4.78 is 6.02. The molecular formula is C31H43N5O3. The van der Waals surface area contributed by atoms with E-state index >= 15 is 0 Å². The van der Waals surface area contributed by atoms with Crippen molar-refractivity contribution in [1.82, 2.24) is 15.5 Å². The number of carbonyl (C=O) groups is 2. The zero-order valence-corrected chi connectivity index (χ0v) is 23.3.